The van der Waals surface area contributed by atoms with E-state index in [1.165, 1.54) is 12.1 Å². The van der Waals surface area contributed by atoms with Crippen molar-refractivity contribution in [2.24, 2.45) is 5.73 Å². The molecule has 0 spiro atoms. The fourth-order valence-electron chi connectivity index (χ4n) is 2.51. The molecular formula is C14H8BrNO4S. The van der Waals surface area contributed by atoms with Crippen LogP contribution < -0.4 is 5.73 Å². The zero-order valence-corrected chi connectivity index (χ0v) is 12.9. The van der Waals surface area contributed by atoms with E-state index in [-0.39, 0.29) is 31.8 Å². The number of ketones is 2. The van der Waals surface area contributed by atoms with Crippen molar-refractivity contribution in [2.45, 2.75) is 6.04 Å². The monoisotopic (exact) mass is 365 g/mol. The van der Waals surface area contributed by atoms with E-state index >= 15 is 0 Å². The Kier molecular flexibility index (Phi) is 3.27. The smallest absolute Gasteiger partial charge is 0.219 e. The summed E-state index contributed by atoms with van der Waals surface area (Å²) in [5.41, 5.74) is 6.58. The van der Waals surface area contributed by atoms with Gasteiger partial charge in [0.15, 0.2) is 11.6 Å². The maximum Gasteiger partial charge on any atom is 0.219 e. The summed E-state index contributed by atoms with van der Waals surface area (Å²) in [5, 5.41) is 0. The maximum atomic E-state index is 12.6. The minimum Gasteiger partial charge on any atom is -0.319 e. The second-order valence-electron chi connectivity index (χ2n) is 4.60. The Morgan fingerprint density at radius 2 is 1.62 bits per heavy atom. The Bertz CT molecular complexity index is 901. The number of allylic oxidation sites excluding steroid dienone is 2. The minimum absolute atomic E-state index is 0.0206. The Labute approximate surface area is 129 Å². The van der Waals surface area contributed by atoms with Gasteiger partial charge in [-0.15, -0.1) is 0 Å². The van der Waals surface area contributed by atoms with Gasteiger partial charge in [-0.1, -0.05) is 24.3 Å². The average molecular weight is 366 g/mol. The largest absolute Gasteiger partial charge is 0.319 e. The van der Waals surface area contributed by atoms with E-state index in [9.17, 15) is 18.0 Å². The van der Waals surface area contributed by atoms with Crippen LogP contribution in [0.1, 0.15) is 20.7 Å². The third-order valence-corrected chi connectivity index (χ3v) is 4.86. The molecule has 3 rings (SSSR count). The lowest BCUT2D eigenvalue weighted by molar-refractivity contribution is 0.0974. The first-order chi connectivity index (χ1) is 9.93. The molecule has 0 fully saturated rings. The summed E-state index contributed by atoms with van der Waals surface area (Å²) in [7, 11) is -2.56. The Morgan fingerprint density at radius 3 is 2.19 bits per heavy atom. The molecule has 2 N–H and O–H groups in total. The summed E-state index contributed by atoms with van der Waals surface area (Å²) in [6.07, 6.45) is 1.27. The summed E-state index contributed by atoms with van der Waals surface area (Å²) in [6.45, 7) is 0. The molecule has 5 nitrogen and oxygen atoms in total. The molecule has 2 aliphatic carbocycles. The molecule has 7 heteroatoms. The molecule has 0 aliphatic heterocycles. The van der Waals surface area contributed by atoms with Crippen molar-refractivity contribution in [1.29, 1.82) is 0 Å². The molecule has 0 radical (unpaired) electrons. The van der Waals surface area contributed by atoms with Crippen molar-refractivity contribution in [3.05, 3.63) is 57.1 Å². The van der Waals surface area contributed by atoms with Crippen LogP contribution in [-0.4, -0.2) is 30.9 Å². The lowest BCUT2D eigenvalue weighted by atomic mass is 9.78. The molecule has 1 atom stereocenters. The predicted octanol–water partition coefficient (Wildman–Crippen LogP) is 1.03. The van der Waals surface area contributed by atoms with Crippen molar-refractivity contribution in [3.8, 4) is 0 Å². The first-order valence-corrected chi connectivity index (χ1v) is 7.82. The zero-order chi connectivity index (χ0) is 15.3. The SMILES string of the molecule is NC1C2=C(C(=O)c3ccccc3C2=O)C(Br)=CC1=S(=O)=O. The van der Waals surface area contributed by atoms with E-state index in [1.54, 1.807) is 18.2 Å². The lowest BCUT2D eigenvalue weighted by Gasteiger charge is -2.27. The van der Waals surface area contributed by atoms with Gasteiger partial charge in [0.05, 0.1) is 10.9 Å². The molecule has 21 heavy (non-hydrogen) atoms. The Morgan fingerprint density at radius 1 is 1.05 bits per heavy atom. The van der Waals surface area contributed by atoms with Gasteiger partial charge >= 0.3 is 0 Å². The molecule has 1 aromatic rings. The quantitative estimate of drug-likeness (QED) is 0.693. The standard InChI is InChI=1S/C14H8BrNO4S/c15-8-5-9(21(19)20)12(16)11-10(8)13(17)6-3-1-2-4-7(6)14(11)18/h1-5,12H,16H2. The van der Waals surface area contributed by atoms with E-state index in [0.29, 0.717) is 5.56 Å². The van der Waals surface area contributed by atoms with E-state index in [0.717, 1.165) is 0 Å². The molecule has 1 aromatic carbocycles. The van der Waals surface area contributed by atoms with Crippen molar-refractivity contribution >= 4 is 42.7 Å². The number of nitrogens with two attached hydrogens (primary N) is 1. The first-order valence-electron chi connectivity index (χ1n) is 5.95. The summed E-state index contributed by atoms with van der Waals surface area (Å²) < 4.78 is 22.7. The van der Waals surface area contributed by atoms with Gasteiger partial charge in [-0.25, -0.2) is 0 Å². The molecule has 0 saturated heterocycles. The number of rotatable bonds is 0. The van der Waals surface area contributed by atoms with Gasteiger partial charge < -0.3 is 5.73 Å². The highest BCUT2D eigenvalue weighted by Gasteiger charge is 2.39. The number of carbonyl (C=O) groups is 2. The van der Waals surface area contributed by atoms with Crippen LogP contribution in [0.2, 0.25) is 0 Å². The number of benzene rings is 1. The zero-order valence-electron chi connectivity index (χ0n) is 10.5. The summed E-state index contributed by atoms with van der Waals surface area (Å²) in [4.78, 5) is 25.0. The number of halogens is 1. The first kappa shape index (κ1) is 14.1. The highest BCUT2D eigenvalue weighted by atomic mass is 79.9. The molecular weight excluding hydrogens is 358 g/mol. The normalized spacial score (nSPS) is 21.0. The number of Topliss-reactive ketones (excluding diaryl/α,β-unsaturated/α-hetero) is 2. The van der Waals surface area contributed by atoms with Gasteiger partial charge in [0, 0.05) is 26.8 Å². The van der Waals surface area contributed by atoms with Gasteiger partial charge in [0.25, 0.3) is 0 Å². The van der Waals surface area contributed by atoms with Crippen molar-refractivity contribution in [3.63, 3.8) is 0 Å². The van der Waals surface area contributed by atoms with Crippen LogP contribution in [0.25, 0.3) is 0 Å². The number of fused-ring (bicyclic) bond motifs is 1. The molecule has 1 unspecified atom stereocenters. The molecule has 0 bridgehead atoms. The minimum atomic E-state index is -2.56. The van der Waals surface area contributed by atoms with E-state index < -0.39 is 22.1 Å². The predicted molar refractivity (Wildman–Crippen MR) is 81.0 cm³/mol. The van der Waals surface area contributed by atoms with Crippen molar-refractivity contribution < 1.29 is 18.0 Å². The number of hydrogen-bond acceptors (Lipinski definition) is 5. The Hall–Kier alpha value is -1.83. The van der Waals surface area contributed by atoms with Crippen LogP contribution in [0.4, 0.5) is 0 Å². The van der Waals surface area contributed by atoms with Crippen LogP contribution in [0.15, 0.2) is 46.0 Å². The van der Waals surface area contributed by atoms with Crippen molar-refractivity contribution in [2.75, 3.05) is 0 Å². The fourth-order valence-corrected chi connectivity index (χ4v) is 3.84. The van der Waals surface area contributed by atoms with Crippen LogP contribution in [0, 0.1) is 0 Å². The summed E-state index contributed by atoms with van der Waals surface area (Å²) in [5.74, 6) is -0.754. The average Bonchev–Trinajstić information content (AvgIpc) is 2.46. The van der Waals surface area contributed by atoms with Crippen LogP contribution in [0.3, 0.4) is 0 Å². The van der Waals surface area contributed by atoms with E-state index in [1.807, 2.05) is 0 Å². The van der Waals surface area contributed by atoms with Gasteiger partial charge in [0.1, 0.15) is 0 Å². The maximum absolute atomic E-state index is 12.6. The van der Waals surface area contributed by atoms with Gasteiger partial charge in [-0.3, -0.25) is 9.59 Å². The molecule has 2 aliphatic rings. The van der Waals surface area contributed by atoms with E-state index in [2.05, 4.69) is 15.9 Å². The second-order valence-corrected chi connectivity index (χ2v) is 6.39. The van der Waals surface area contributed by atoms with Crippen LogP contribution in [0.5, 0.6) is 0 Å². The highest BCUT2D eigenvalue weighted by Crippen LogP contribution is 2.36. The third-order valence-electron chi connectivity index (χ3n) is 3.48. The highest BCUT2D eigenvalue weighted by molar-refractivity contribution is 9.12. The second kappa shape index (κ2) is 4.87. The topological polar surface area (TPSA) is 94.3 Å². The fraction of sp³-hybridized carbons (Fsp3) is 0.0714. The third kappa shape index (κ3) is 1.97. The lowest BCUT2D eigenvalue weighted by Crippen LogP contribution is -2.41. The molecule has 0 amide bonds. The summed E-state index contributed by atoms with van der Waals surface area (Å²) >= 11 is 3.17. The van der Waals surface area contributed by atoms with Crippen LogP contribution in [-0.2, 0) is 10.3 Å². The van der Waals surface area contributed by atoms with Gasteiger partial charge in [-0.2, -0.15) is 8.42 Å². The molecule has 0 heterocycles. The van der Waals surface area contributed by atoms with Gasteiger partial charge in [-0.05, 0) is 22.0 Å². The van der Waals surface area contributed by atoms with Crippen molar-refractivity contribution in [1.82, 2.24) is 0 Å². The number of carbonyl (C=O) groups excluding carboxylic acids is 2. The van der Waals surface area contributed by atoms with Crippen LogP contribution >= 0.6 is 15.9 Å². The molecule has 0 aromatic heterocycles. The summed E-state index contributed by atoms with van der Waals surface area (Å²) in [6, 6.07) is 5.28. The molecule has 0 saturated carbocycles. The Balaban J connectivity index is 2.34. The van der Waals surface area contributed by atoms with E-state index in [4.69, 9.17) is 5.73 Å². The van der Waals surface area contributed by atoms with Gasteiger partial charge in [0.2, 0.25) is 10.3 Å². The number of hydrogen-bond donors (Lipinski definition) is 1. The molecule has 106 valence electrons.